The Kier molecular flexibility index (Phi) is 6.67. The third-order valence-electron chi connectivity index (χ3n) is 6.42. The predicted molar refractivity (Wildman–Crippen MR) is 133 cm³/mol. The zero-order valence-corrected chi connectivity index (χ0v) is 19.5. The Hall–Kier alpha value is -3.52. The average Bonchev–Trinajstić information content (AvgIpc) is 3.25. The first-order chi connectivity index (χ1) is 16.7. The standard InChI is InChI=1S/C26H30N6O2/c1-34-26(33)19-6-7-20-21(17-19)29-25-23(20)24(28-10-5-15-32-13-3-2-4-14-32)30-22(31-25)16-18-8-11-27-12-9-18/h6-9,11-12,17H,2-5,10,13-16H2,1H3,(H2,28,29,30,31). The Bertz CT molecular complexity index is 1280. The largest absolute Gasteiger partial charge is 0.465 e. The van der Waals surface area contributed by atoms with Crippen molar-refractivity contribution in [2.45, 2.75) is 32.1 Å². The number of carbonyl (C=O) groups excluding carboxylic acids is 1. The van der Waals surface area contributed by atoms with E-state index in [2.05, 4.69) is 20.2 Å². The van der Waals surface area contributed by atoms with Gasteiger partial charge in [0.15, 0.2) is 0 Å². The summed E-state index contributed by atoms with van der Waals surface area (Å²) in [5.41, 5.74) is 3.20. The number of fused-ring (bicyclic) bond motifs is 3. The number of methoxy groups -OCH3 is 1. The molecule has 8 heteroatoms. The molecule has 0 radical (unpaired) electrons. The lowest BCUT2D eigenvalue weighted by Gasteiger charge is -2.26. The van der Waals surface area contributed by atoms with E-state index in [1.54, 1.807) is 18.5 Å². The molecule has 1 fully saturated rings. The minimum absolute atomic E-state index is 0.360. The number of hydrogen-bond acceptors (Lipinski definition) is 7. The van der Waals surface area contributed by atoms with E-state index in [0.29, 0.717) is 12.0 Å². The van der Waals surface area contributed by atoms with Crippen molar-refractivity contribution in [1.29, 1.82) is 0 Å². The molecule has 4 aromatic rings. The van der Waals surface area contributed by atoms with Gasteiger partial charge in [-0.05, 0) is 68.7 Å². The maximum atomic E-state index is 12.0. The number of carbonyl (C=O) groups is 1. The van der Waals surface area contributed by atoms with Gasteiger partial charge in [0, 0.05) is 36.3 Å². The molecule has 0 amide bonds. The fourth-order valence-corrected chi connectivity index (χ4v) is 4.67. The van der Waals surface area contributed by atoms with Gasteiger partial charge in [-0.25, -0.2) is 14.8 Å². The molecule has 0 aliphatic carbocycles. The summed E-state index contributed by atoms with van der Waals surface area (Å²) >= 11 is 0. The van der Waals surface area contributed by atoms with Crippen LogP contribution in [0.1, 0.15) is 47.4 Å². The number of pyridine rings is 1. The van der Waals surface area contributed by atoms with E-state index in [1.165, 1.54) is 39.5 Å². The van der Waals surface area contributed by atoms with Gasteiger partial charge < -0.3 is 19.9 Å². The number of nitrogens with one attached hydrogen (secondary N) is 2. The summed E-state index contributed by atoms with van der Waals surface area (Å²) in [6.45, 7) is 4.35. The van der Waals surface area contributed by atoms with Gasteiger partial charge in [0.05, 0.1) is 18.1 Å². The van der Waals surface area contributed by atoms with Gasteiger partial charge in [-0.2, -0.15) is 0 Å². The van der Waals surface area contributed by atoms with Gasteiger partial charge >= 0.3 is 5.97 Å². The van der Waals surface area contributed by atoms with E-state index < -0.39 is 0 Å². The average molecular weight is 459 g/mol. The second-order valence-electron chi connectivity index (χ2n) is 8.80. The molecule has 1 aromatic carbocycles. The van der Waals surface area contributed by atoms with Crippen molar-refractivity contribution >= 4 is 33.7 Å². The third-order valence-corrected chi connectivity index (χ3v) is 6.42. The maximum Gasteiger partial charge on any atom is 0.337 e. The Balaban J connectivity index is 1.45. The molecule has 1 aliphatic rings. The van der Waals surface area contributed by atoms with E-state index in [-0.39, 0.29) is 5.97 Å². The first kappa shape index (κ1) is 22.3. The number of esters is 1. The van der Waals surface area contributed by atoms with Crippen molar-refractivity contribution in [2.75, 3.05) is 38.6 Å². The number of anilines is 1. The maximum absolute atomic E-state index is 12.0. The lowest BCUT2D eigenvalue weighted by atomic mass is 10.1. The number of piperidine rings is 1. The normalized spacial score (nSPS) is 14.5. The fourth-order valence-electron chi connectivity index (χ4n) is 4.67. The van der Waals surface area contributed by atoms with E-state index in [9.17, 15) is 4.79 Å². The highest BCUT2D eigenvalue weighted by Crippen LogP contribution is 2.31. The van der Waals surface area contributed by atoms with Crippen LogP contribution in [0.25, 0.3) is 21.9 Å². The highest BCUT2D eigenvalue weighted by atomic mass is 16.5. The van der Waals surface area contributed by atoms with Crippen LogP contribution in [0, 0.1) is 0 Å². The quantitative estimate of drug-likeness (QED) is 0.302. The van der Waals surface area contributed by atoms with Crippen molar-refractivity contribution in [1.82, 2.24) is 24.8 Å². The molecule has 34 heavy (non-hydrogen) atoms. The van der Waals surface area contributed by atoms with Gasteiger partial charge in [0.25, 0.3) is 0 Å². The topological polar surface area (TPSA) is 96.0 Å². The Morgan fingerprint density at radius 2 is 1.94 bits per heavy atom. The monoisotopic (exact) mass is 458 g/mol. The van der Waals surface area contributed by atoms with Gasteiger partial charge in [-0.3, -0.25) is 4.98 Å². The van der Waals surface area contributed by atoms with Crippen molar-refractivity contribution < 1.29 is 9.53 Å². The molecular weight excluding hydrogens is 428 g/mol. The Morgan fingerprint density at radius 1 is 1.12 bits per heavy atom. The lowest BCUT2D eigenvalue weighted by Crippen LogP contribution is -2.31. The van der Waals surface area contributed by atoms with Crippen molar-refractivity contribution in [3.8, 4) is 0 Å². The molecule has 5 rings (SSSR count). The van der Waals surface area contributed by atoms with Crippen molar-refractivity contribution in [2.24, 2.45) is 0 Å². The van der Waals surface area contributed by atoms with Crippen molar-refractivity contribution in [3.63, 3.8) is 0 Å². The zero-order valence-electron chi connectivity index (χ0n) is 19.5. The summed E-state index contributed by atoms with van der Waals surface area (Å²) in [6, 6.07) is 9.49. The first-order valence-corrected chi connectivity index (χ1v) is 12.0. The predicted octanol–water partition coefficient (Wildman–Crippen LogP) is 4.17. The molecule has 8 nitrogen and oxygen atoms in total. The van der Waals surface area contributed by atoms with Crippen LogP contribution in [-0.2, 0) is 11.2 Å². The number of H-pyrrole nitrogens is 1. The summed E-state index contributed by atoms with van der Waals surface area (Å²) in [6.07, 6.45) is 9.20. The van der Waals surface area contributed by atoms with Crippen LogP contribution in [0.4, 0.5) is 5.82 Å². The molecule has 3 aromatic heterocycles. The van der Waals surface area contributed by atoms with Gasteiger partial charge in [-0.15, -0.1) is 0 Å². The molecule has 1 aliphatic heterocycles. The van der Waals surface area contributed by atoms with E-state index in [4.69, 9.17) is 14.7 Å². The van der Waals surface area contributed by atoms with Gasteiger partial charge in [0.2, 0.25) is 0 Å². The second-order valence-corrected chi connectivity index (χ2v) is 8.80. The highest BCUT2D eigenvalue weighted by molar-refractivity contribution is 6.12. The molecule has 0 unspecified atom stereocenters. The lowest BCUT2D eigenvalue weighted by molar-refractivity contribution is 0.0601. The fraction of sp³-hybridized carbons (Fsp3) is 0.385. The summed E-state index contributed by atoms with van der Waals surface area (Å²) in [5.74, 6) is 1.20. The van der Waals surface area contributed by atoms with Crippen LogP contribution >= 0.6 is 0 Å². The molecule has 0 atom stereocenters. The number of hydrogen-bond donors (Lipinski definition) is 2. The molecule has 1 saturated heterocycles. The molecular formula is C26H30N6O2. The SMILES string of the molecule is COC(=O)c1ccc2c(c1)[nH]c1nc(Cc3ccncc3)nc(NCCCN3CCCCC3)c12. The van der Waals surface area contributed by atoms with E-state index >= 15 is 0 Å². The number of aromatic amines is 1. The molecule has 4 heterocycles. The zero-order chi connectivity index (χ0) is 23.3. The summed E-state index contributed by atoms with van der Waals surface area (Å²) in [4.78, 5) is 31.8. The molecule has 0 bridgehead atoms. The third kappa shape index (κ3) is 4.87. The number of ether oxygens (including phenoxy) is 1. The molecule has 0 spiro atoms. The number of nitrogens with zero attached hydrogens (tertiary/aromatic N) is 4. The summed E-state index contributed by atoms with van der Waals surface area (Å²) in [7, 11) is 1.39. The number of benzene rings is 1. The van der Waals surface area contributed by atoms with Crippen LogP contribution < -0.4 is 5.32 Å². The molecule has 2 N–H and O–H groups in total. The van der Waals surface area contributed by atoms with E-state index in [0.717, 1.165) is 58.7 Å². The second kappa shape index (κ2) is 10.2. The minimum atomic E-state index is -0.360. The minimum Gasteiger partial charge on any atom is -0.465 e. The molecule has 176 valence electrons. The number of rotatable bonds is 8. The Morgan fingerprint density at radius 3 is 2.74 bits per heavy atom. The van der Waals surface area contributed by atoms with Crippen LogP contribution in [-0.4, -0.2) is 64.1 Å². The number of aromatic nitrogens is 4. The highest BCUT2D eigenvalue weighted by Gasteiger charge is 2.16. The Labute approximate surface area is 198 Å². The summed E-state index contributed by atoms with van der Waals surface area (Å²) < 4.78 is 4.88. The van der Waals surface area contributed by atoms with E-state index in [1.807, 2.05) is 24.3 Å². The first-order valence-electron chi connectivity index (χ1n) is 12.0. The van der Waals surface area contributed by atoms with Crippen LogP contribution in [0.3, 0.4) is 0 Å². The van der Waals surface area contributed by atoms with Crippen LogP contribution in [0.5, 0.6) is 0 Å². The van der Waals surface area contributed by atoms with Gasteiger partial charge in [0.1, 0.15) is 17.3 Å². The number of likely N-dealkylation sites (tertiary alicyclic amines) is 1. The van der Waals surface area contributed by atoms with Gasteiger partial charge in [-0.1, -0.05) is 12.5 Å². The van der Waals surface area contributed by atoms with Crippen LogP contribution in [0.2, 0.25) is 0 Å². The molecule has 0 saturated carbocycles. The van der Waals surface area contributed by atoms with Crippen LogP contribution in [0.15, 0.2) is 42.7 Å². The van der Waals surface area contributed by atoms with Crippen molar-refractivity contribution in [3.05, 3.63) is 59.7 Å². The summed E-state index contributed by atoms with van der Waals surface area (Å²) in [5, 5.41) is 5.51. The smallest absolute Gasteiger partial charge is 0.337 e.